The maximum Gasteiger partial charge on any atom is 0.168 e. The topological polar surface area (TPSA) is 75.3 Å². The third-order valence-corrected chi connectivity index (χ3v) is 4.47. The second-order valence-electron chi connectivity index (χ2n) is 6.83. The summed E-state index contributed by atoms with van der Waals surface area (Å²) in [6.45, 7) is 1.72. The van der Waals surface area contributed by atoms with E-state index < -0.39 is 0 Å². The molecule has 0 saturated heterocycles. The summed E-state index contributed by atoms with van der Waals surface area (Å²) in [6, 6.07) is 15.5. The molecule has 28 heavy (non-hydrogen) atoms. The number of nitrogens with zero attached hydrogens (tertiary/aromatic N) is 4. The number of carbonyl (C=O) groups is 1. The molecule has 0 fully saturated rings. The lowest BCUT2D eigenvalue weighted by Crippen LogP contribution is -2.25. The number of rotatable bonds is 8. The van der Waals surface area contributed by atoms with Crippen molar-refractivity contribution in [2.24, 2.45) is 0 Å². The van der Waals surface area contributed by atoms with Crippen LogP contribution in [-0.2, 0) is 0 Å². The van der Waals surface area contributed by atoms with Crippen LogP contribution in [-0.4, -0.2) is 48.3 Å². The first kappa shape index (κ1) is 19.5. The fraction of sp³-hybridized carbons (Fsp3) is 0.227. The molecule has 2 aromatic heterocycles. The quantitative estimate of drug-likeness (QED) is 0.606. The van der Waals surface area contributed by atoms with Crippen molar-refractivity contribution in [3.63, 3.8) is 0 Å². The van der Waals surface area contributed by atoms with Gasteiger partial charge in [0, 0.05) is 24.5 Å². The van der Waals surface area contributed by atoms with Crippen LogP contribution >= 0.6 is 0 Å². The highest BCUT2D eigenvalue weighted by molar-refractivity contribution is 5.85. The molecule has 2 N–H and O–H groups in total. The van der Waals surface area contributed by atoms with Crippen molar-refractivity contribution in [1.29, 1.82) is 0 Å². The summed E-state index contributed by atoms with van der Waals surface area (Å²) in [7, 11) is 4.12. The third kappa shape index (κ3) is 4.53. The van der Waals surface area contributed by atoms with Crippen LogP contribution in [0.5, 0.6) is 0 Å². The molecular formula is C22H25N5O. The van der Waals surface area contributed by atoms with Crippen molar-refractivity contribution in [1.82, 2.24) is 14.9 Å². The Bertz CT molecular complexity index is 941. The van der Waals surface area contributed by atoms with Gasteiger partial charge in [0.2, 0.25) is 0 Å². The molecule has 0 unspecified atom stereocenters. The van der Waals surface area contributed by atoms with Gasteiger partial charge < -0.3 is 15.5 Å². The minimum absolute atomic E-state index is 0.406. The first-order valence-corrected chi connectivity index (χ1v) is 9.23. The number of aldehydes is 1. The zero-order valence-corrected chi connectivity index (χ0v) is 16.2. The van der Waals surface area contributed by atoms with Crippen LogP contribution in [0.1, 0.15) is 16.9 Å². The van der Waals surface area contributed by atoms with Crippen LogP contribution in [0.25, 0.3) is 11.1 Å². The molecule has 0 saturated carbocycles. The van der Waals surface area contributed by atoms with Gasteiger partial charge in [-0.3, -0.25) is 9.78 Å². The zero-order valence-electron chi connectivity index (χ0n) is 16.2. The summed E-state index contributed by atoms with van der Waals surface area (Å²) >= 11 is 0. The van der Waals surface area contributed by atoms with Crippen molar-refractivity contribution in [3.05, 3.63) is 66.6 Å². The SMILES string of the molecule is CN(C)CCCN(c1ccccc1-c1ccnc(C=O)c1)c1ncccc1N. The van der Waals surface area contributed by atoms with Gasteiger partial charge in [0.05, 0.1) is 11.4 Å². The number of anilines is 3. The van der Waals surface area contributed by atoms with E-state index in [1.165, 1.54) is 0 Å². The Kier molecular flexibility index (Phi) is 6.34. The van der Waals surface area contributed by atoms with E-state index in [2.05, 4.69) is 39.9 Å². The first-order valence-electron chi connectivity index (χ1n) is 9.23. The number of carbonyl (C=O) groups excluding carboxylic acids is 1. The Balaban J connectivity index is 2.07. The van der Waals surface area contributed by atoms with Crippen molar-refractivity contribution >= 4 is 23.5 Å². The van der Waals surface area contributed by atoms with Gasteiger partial charge in [0.25, 0.3) is 0 Å². The third-order valence-electron chi connectivity index (χ3n) is 4.47. The molecule has 6 nitrogen and oxygen atoms in total. The van der Waals surface area contributed by atoms with Crippen LogP contribution in [0.2, 0.25) is 0 Å². The minimum Gasteiger partial charge on any atom is -0.396 e. The van der Waals surface area contributed by atoms with E-state index >= 15 is 0 Å². The molecular weight excluding hydrogens is 350 g/mol. The number of hydrogen-bond acceptors (Lipinski definition) is 6. The molecule has 6 heteroatoms. The van der Waals surface area contributed by atoms with Gasteiger partial charge in [-0.05, 0) is 63.0 Å². The van der Waals surface area contributed by atoms with Crippen LogP contribution in [0, 0.1) is 0 Å². The summed E-state index contributed by atoms with van der Waals surface area (Å²) in [6.07, 6.45) is 5.12. The molecule has 0 aliphatic carbocycles. The maximum atomic E-state index is 11.2. The van der Waals surface area contributed by atoms with Crippen molar-refractivity contribution < 1.29 is 4.79 Å². The van der Waals surface area contributed by atoms with Crippen LogP contribution in [0.3, 0.4) is 0 Å². The highest BCUT2D eigenvalue weighted by atomic mass is 16.1. The normalized spacial score (nSPS) is 10.8. The zero-order chi connectivity index (χ0) is 19.9. The fourth-order valence-electron chi connectivity index (χ4n) is 3.15. The minimum atomic E-state index is 0.406. The van der Waals surface area contributed by atoms with Crippen LogP contribution < -0.4 is 10.6 Å². The predicted octanol–water partition coefficient (Wildman–Crippen LogP) is 3.63. The molecule has 2 heterocycles. The predicted molar refractivity (Wildman–Crippen MR) is 114 cm³/mol. The molecule has 0 aliphatic rings. The number of aromatic nitrogens is 2. The Morgan fingerprint density at radius 3 is 2.57 bits per heavy atom. The monoisotopic (exact) mass is 375 g/mol. The average molecular weight is 375 g/mol. The van der Waals surface area contributed by atoms with Crippen molar-refractivity contribution in [3.8, 4) is 11.1 Å². The van der Waals surface area contributed by atoms with E-state index in [0.717, 1.165) is 48.4 Å². The van der Waals surface area contributed by atoms with Gasteiger partial charge in [0.1, 0.15) is 5.69 Å². The molecule has 0 amide bonds. The second-order valence-corrected chi connectivity index (χ2v) is 6.83. The summed E-state index contributed by atoms with van der Waals surface area (Å²) in [4.78, 5) is 24.1. The lowest BCUT2D eigenvalue weighted by atomic mass is 10.0. The first-order chi connectivity index (χ1) is 13.6. The molecule has 3 aromatic rings. The molecule has 1 aromatic carbocycles. The lowest BCUT2D eigenvalue weighted by Gasteiger charge is -2.28. The van der Waals surface area contributed by atoms with E-state index in [9.17, 15) is 4.79 Å². The Labute approximate surface area is 165 Å². The largest absolute Gasteiger partial charge is 0.396 e. The summed E-state index contributed by atoms with van der Waals surface area (Å²) < 4.78 is 0. The highest BCUT2D eigenvalue weighted by Gasteiger charge is 2.17. The second kappa shape index (κ2) is 9.10. The molecule has 0 aliphatic heterocycles. The van der Waals surface area contributed by atoms with E-state index in [4.69, 9.17) is 5.73 Å². The van der Waals surface area contributed by atoms with Gasteiger partial charge in [-0.2, -0.15) is 0 Å². The number of benzene rings is 1. The Morgan fingerprint density at radius 1 is 1.00 bits per heavy atom. The van der Waals surface area contributed by atoms with E-state index in [0.29, 0.717) is 11.4 Å². The van der Waals surface area contributed by atoms with Gasteiger partial charge in [-0.1, -0.05) is 18.2 Å². The van der Waals surface area contributed by atoms with Gasteiger partial charge in [-0.25, -0.2) is 4.98 Å². The molecule has 0 atom stereocenters. The van der Waals surface area contributed by atoms with Gasteiger partial charge in [0.15, 0.2) is 12.1 Å². The molecule has 0 radical (unpaired) electrons. The average Bonchev–Trinajstić information content (AvgIpc) is 2.72. The fourth-order valence-corrected chi connectivity index (χ4v) is 3.15. The van der Waals surface area contributed by atoms with Crippen molar-refractivity contribution in [2.75, 3.05) is 37.8 Å². The van der Waals surface area contributed by atoms with E-state index in [-0.39, 0.29) is 0 Å². The number of nitrogens with two attached hydrogens (primary N) is 1. The maximum absolute atomic E-state index is 11.2. The smallest absolute Gasteiger partial charge is 0.168 e. The molecule has 144 valence electrons. The summed E-state index contributed by atoms with van der Waals surface area (Å²) in [5.74, 6) is 0.735. The molecule has 0 bridgehead atoms. The Morgan fingerprint density at radius 2 is 1.82 bits per heavy atom. The summed E-state index contributed by atoms with van der Waals surface area (Å²) in [5.41, 5.74) is 10.2. The number of hydrogen-bond donors (Lipinski definition) is 1. The number of nitrogen functional groups attached to an aromatic ring is 1. The molecule has 0 spiro atoms. The van der Waals surface area contributed by atoms with Crippen molar-refractivity contribution in [2.45, 2.75) is 6.42 Å². The van der Waals surface area contributed by atoms with E-state index in [1.807, 2.05) is 36.4 Å². The lowest BCUT2D eigenvalue weighted by molar-refractivity contribution is 0.111. The highest BCUT2D eigenvalue weighted by Crippen LogP contribution is 2.36. The van der Waals surface area contributed by atoms with Gasteiger partial charge in [-0.15, -0.1) is 0 Å². The number of pyridine rings is 2. The summed E-state index contributed by atoms with van der Waals surface area (Å²) in [5, 5.41) is 0. The van der Waals surface area contributed by atoms with Crippen LogP contribution in [0.15, 0.2) is 60.9 Å². The van der Waals surface area contributed by atoms with Gasteiger partial charge >= 0.3 is 0 Å². The number of para-hydroxylation sites is 1. The van der Waals surface area contributed by atoms with E-state index in [1.54, 1.807) is 18.5 Å². The Hall–Kier alpha value is -3.25. The molecule has 3 rings (SSSR count). The standard InChI is InChI=1S/C22H25N5O/c1-26(2)13-6-14-27(22-20(23)8-5-11-25-22)21-9-4-3-7-19(21)17-10-12-24-18(15-17)16-28/h3-5,7-12,15-16H,6,13-14,23H2,1-2H3. The van der Waals surface area contributed by atoms with Crippen LogP contribution in [0.4, 0.5) is 17.2 Å².